The summed E-state index contributed by atoms with van der Waals surface area (Å²) in [6.45, 7) is 4.20. The number of nitrogens with two attached hydrogens (primary N) is 1. The summed E-state index contributed by atoms with van der Waals surface area (Å²) in [4.78, 5) is 0. The maximum Gasteiger partial charge on any atom is 0.0932 e. The minimum atomic E-state index is 0.137. The topological polar surface area (TPSA) is 51.8 Å². The second-order valence-corrected chi connectivity index (χ2v) is 4.19. The number of benzene rings is 1. The summed E-state index contributed by atoms with van der Waals surface area (Å²) in [5, 5.41) is 9.35. The second-order valence-electron chi connectivity index (χ2n) is 4.19. The molecular weight excluding hydrogens is 198 g/mol. The van der Waals surface area contributed by atoms with Crippen molar-refractivity contribution in [2.45, 2.75) is 32.2 Å². The third-order valence-electron chi connectivity index (χ3n) is 3.05. The van der Waals surface area contributed by atoms with Crippen LogP contribution in [0.4, 0.5) is 0 Å². The maximum absolute atomic E-state index is 6.02. The highest BCUT2D eigenvalue weighted by molar-refractivity contribution is 5.81. The van der Waals surface area contributed by atoms with E-state index >= 15 is 0 Å². The zero-order valence-electron chi connectivity index (χ0n) is 9.72. The lowest BCUT2D eigenvalue weighted by molar-refractivity contribution is 0.554. The first kappa shape index (κ1) is 11.0. The standard InChI is InChI=1S/C13H17N3/c1-3-10(9(2)14)12-8-15-16-13-7-5-4-6-11(12)13/h4-10H,3,14H2,1-2H3. The summed E-state index contributed by atoms with van der Waals surface area (Å²) in [5.74, 6) is 0.348. The van der Waals surface area contributed by atoms with Gasteiger partial charge in [-0.3, -0.25) is 0 Å². The van der Waals surface area contributed by atoms with Gasteiger partial charge in [0.05, 0.1) is 11.7 Å². The van der Waals surface area contributed by atoms with Crippen LogP contribution in [-0.4, -0.2) is 16.2 Å². The molecule has 1 aromatic carbocycles. The number of hydrogen-bond donors (Lipinski definition) is 1. The van der Waals surface area contributed by atoms with Crippen molar-refractivity contribution in [2.75, 3.05) is 0 Å². The number of aromatic nitrogens is 2. The molecule has 2 aromatic rings. The Morgan fingerprint density at radius 2 is 2.06 bits per heavy atom. The Kier molecular flexibility index (Phi) is 3.15. The van der Waals surface area contributed by atoms with Crippen LogP contribution in [0.1, 0.15) is 31.7 Å². The lowest BCUT2D eigenvalue weighted by Gasteiger charge is -2.20. The van der Waals surface area contributed by atoms with Crippen molar-refractivity contribution >= 4 is 10.9 Å². The van der Waals surface area contributed by atoms with Gasteiger partial charge in [0, 0.05) is 17.3 Å². The molecule has 0 aliphatic heterocycles. The molecule has 0 aliphatic carbocycles. The van der Waals surface area contributed by atoms with Crippen molar-refractivity contribution in [2.24, 2.45) is 5.73 Å². The average molecular weight is 215 g/mol. The Morgan fingerprint density at radius 1 is 1.31 bits per heavy atom. The smallest absolute Gasteiger partial charge is 0.0932 e. The fourth-order valence-electron chi connectivity index (χ4n) is 2.20. The Morgan fingerprint density at radius 3 is 2.75 bits per heavy atom. The van der Waals surface area contributed by atoms with Crippen molar-refractivity contribution in [3.8, 4) is 0 Å². The fourth-order valence-corrected chi connectivity index (χ4v) is 2.20. The molecule has 3 nitrogen and oxygen atoms in total. The van der Waals surface area contributed by atoms with Gasteiger partial charge in [-0.05, 0) is 25.0 Å². The monoisotopic (exact) mass is 215 g/mol. The van der Waals surface area contributed by atoms with Crippen molar-refractivity contribution in [1.29, 1.82) is 0 Å². The van der Waals surface area contributed by atoms with E-state index in [1.165, 1.54) is 10.9 Å². The van der Waals surface area contributed by atoms with Crippen LogP contribution in [-0.2, 0) is 0 Å². The largest absolute Gasteiger partial charge is 0.327 e. The van der Waals surface area contributed by atoms with Crippen molar-refractivity contribution in [3.63, 3.8) is 0 Å². The maximum atomic E-state index is 6.02. The minimum Gasteiger partial charge on any atom is -0.327 e. The van der Waals surface area contributed by atoms with Gasteiger partial charge < -0.3 is 5.73 Å². The molecule has 1 aromatic heterocycles. The molecule has 3 heteroatoms. The first-order valence-electron chi connectivity index (χ1n) is 5.70. The van der Waals surface area contributed by atoms with Gasteiger partial charge in [-0.25, -0.2) is 0 Å². The summed E-state index contributed by atoms with van der Waals surface area (Å²) in [7, 11) is 0. The number of rotatable bonds is 3. The molecule has 16 heavy (non-hydrogen) atoms. The Balaban J connectivity index is 2.59. The summed E-state index contributed by atoms with van der Waals surface area (Å²) < 4.78 is 0. The molecule has 0 spiro atoms. The molecule has 0 bridgehead atoms. The quantitative estimate of drug-likeness (QED) is 0.855. The third kappa shape index (κ3) is 1.91. The van der Waals surface area contributed by atoms with Gasteiger partial charge in [-0.15, -0.1) is 0 Å². The Bertz CT molecular complexity index is 474. The summed E-state index contributed by atoms with van der Waals surface area (Å²) in [6.07, 6.45) is 2.87. The van der Waals surface area contributed by atoms with Gasteiger partial charge in [-0.1, -0.05) is 25.1 Å². The van der Waals surface area contributed by atoms with Crippen LogP contribution in [0.25, 0.3) is 10.9 Å². The molecule has 2 unspecified atom stereocenters. The molecule has 0 aliphatic rings. The normalized spacial score (nSPS) is 14.9. The molecule has 84 valence electrons. The van der Waals surface area contributed by atoms with E-state index < -0.39 is 0 Å². The van der Waals surface area contributed by atoms with Crippen molar-refractivity contribution in [1.82, 2.24) is 10.2 Å². The molecule has 0 saturated carbocycles. The molecule has 0 fully saturated rings. The summed E-state index contributed by atoms with van der Waals surface area (Å²) in [6, 6.07) is 8.22. The van der Waals surface area contributed by atoms with Gasteiger partial charge >= 0.3 is 0 Å². The first-order valence-corrected chi connectivity index (χ1v) is 5.70. The van der Waals surface area contributed by atoms with Crippen molar-refractivity contribution < 1.29 is 0 Å². The van der Waals surface area contributed by atoms with Gasteiger partial charge in [0.2, 0.25) is 0 Å². The fraction of sp³-hybridized carbons (Fsp3) is 0.385. The second kappa shape index (κ2) is 4.58. The third-order valence-corrected chi connectivity index (χ3v) is 3.05. The lowest BCUT2D eigenvalue weighted by Crippen LogP contribution is -2.24. The highest BCUT2D eigenvalue weighted by Crippen LogP contribution is 2.27. The van der Waals surface area contributed by atoms with Gasteiger partial charge in [0.15, 0.2) is 0 Å². The molecule has 0 radical (unpaired) electrons. The highest BCUT2D eigenvalue weighted by Gasteiger charge is 2.17. The van der Waals surface area contributed by atoms with E-state index in [-0.39, 0.29) is 6.04 Å². The predicted molar refractivity (Wildman–Crippen MR) is 66.2 cm³/mol. The Labute approximate surface area is 95.7 Å². The van der Waals surface area contributed by atoms with Crippen LogP contribution in [0.15, 0.2) is 30.5 Å². The number of fused-ring (bicyclic) bond motifs is 1. The van der Waals surface area contributed by atoms with Gasteiger partial charge in [0.25, 0.3) is 0 Å². The molecule has 2 N–H and O–H groups in total. The Hall–Kier alpha value is -1.48. The van der Waals surface area contributed by atoms with E-state index in [4.69, 9.17) is 5.73 Å². The van der Waals surface area contributed by atoms with Crippen molar-refractivity contribution in [3.05, 3.63) is 36.0 Å². The zero-order valence-corrected chi connectivity index (χ0v) is 9.72. The van der Waals surface area contributed by atoms with Crippen LogP contribution in [0.5, 0.6) is 0 Å². The molecular formula is C13H17N3. The van der Waals surface area contributed by atoms with Crippen LogP contribution in [0.3, 0.4) is 0 Å². The molecule has 1 heterocycles. The average Bonchev–Trinajstić information content (AvgIpc) is 2.30. The van der Waals surface area contributed by atoms with E-state index in [2.05, 4.69) is 23.2 Å². The SMILES string of the molecule is CCC(c1cnnc2ccccc12)C(C)N. The van der Waals surface area contributed by atoms with Gasteiger partial charge in [-0.2, -0.15) is 10.2 Å². The molecule has 0 amide bonds. The molecule has 2 atom stereocenters. The van der Waals surface area contributed by atoms with Crippen LogP contribution in [0, 0.1) is 0 Å². The first-order chi connectivity index (χ1) is 7.74. The van der Waals surface area contributed by atoms with E-state index in [0.29, 0.717) is 5.92 Å². The number of nitrogens with zero attached hydrogens (tertiary/aromatic N) is 2. The molecule has 2 rings (SSSR count). The predicted octanol–water partition coefficient (Wildman–Crippen LogP) is 2.47. The number of hydrogen-bond acceptors (Lipinski definition) is 3. The summed E-state index contributed by atoms with van der Waals surface area (Å²) in [5.41, 5.74) is 8.18. The minimum absolute atomic E-state index is 0.137. The lowest BCUT2D eigenvalue weighted by atomic mass is 9.89. The van der Waals surface area contributed by atoms with Crippen LogP contribution >= 0.6 is 0 Å². The van der Waals surface area contributed by atoms with E-state index in [1.807, 2.05) is 31.3 Å². The summed E-state index contributed by atoms with van der Waals surface area (Å²) >= 11 is 0. The van der Waals surface area contributed by atoms with E-state index in [0.717, 1.165) is 11.9 Å². The van der Waals surface area contributed by atoms with Crippen LogP contribution in [0.2, 0.25) is 0 Å². The van der Waals surface area contributed by atoms with Crippen LogP contribution < -0.4 is 5.73 Å². The van der Waals surface area contributed by atoms with Gasteiger partial charge in [0.1, 0.15) is 0 Å². The zero-order chi connectivity index (χ0) is 11.5. The van der Waals surface area contributed by atoms with E-state index in [1.54, 1.807) is 0 Å². The van der Waals surface area contributed by atoms with E-state index in [9.17, 15) is 0 Å². The molecule has 0 saturated heterocycles. The highest BCUT2D eigenvalue weighted by atomic mass is 15.1.